The van der Waals surface area contributed by atoms with Crippen LogP contribution in [0.15, 0.2) is 73.1 Å². The molecule has 6 nitrogen and oxygen atoms in total. The van der Waals surface area contributed by atoms with Crippen LogP contribution in [-0.4, -0.2) is 47.0 Å². The Morgan fingerprint density at radius 1 is 0.857 bits per heavy atom. The summed E-state index contributed by atoms with van der Waals surface area (Å²) in [6.45, 7) is 4.73. The van der Waals surface area contributed by atoms with Crippen molar-refractivity contribution in [3.8, 4) is 0 Å². The van der Waals surface area contributed by atoms with Crippen LogP contribution in [-0.2, 0) is 6.54 Å². The Labute approximate surface area is 164 Å². The van der Waals surface area contributed by atoms with Gasteiger partial charge in [-0.3, -0.25) is 9.69 Å². The lowest BCUT2D eigenvalue weighted by molar-refractivity contribution is 0.102. The summed E-state index contributed by atoms with van der Waals surface area (Å²) in [4.78, 5) is 25.7. The molecule has 3 aromatic rings. The van der Waals surface area contributed by atoms with Crippen molar-refractivity contribution in [1.29, 1.82) is 0 Å². The number of para-hydroxylation sites is 1. The Hall–Kier alpha value is -3.25. The molecule has 2 heterocycles. The Bertz CT molecular complexity index is 891. The lowest BCUT2D eigenvalue weighted by Gasteiger charge is -2.35. The number of hydrogen-bond donors (Lipinski definition) is 1. The first-order valence-corrected chi connectivity index (χ1v) is 9.47. The number of carbonyl (C=O) groups excluding carboxylic acids is 1. The molecule has 1 aromatic heterocycles. The number of rotatable bonds is 5. The molecule has 1 aliphatic heterocycles. The fourth-order valence-electron chi connectivity index (χ4n) is 3.30. The molecule has 1 amide bonds. The Kier molecular flexibility index (Phi) is 5.58. The van der Waals surface area contributed by atoms with Crippen LogP contribution in [0.5, 0.6) is 0 Å². The van der Waals surface area contributed by atoms with Crippen molar-refractivity contribution in [2.75, 3.05) is 36.4 Å². The summed E-state index contributed by atoms with van der Waals surface area (Å²) in [6, 6.07) is 19.9. The van der Waals surface area contributed by atoms with Crippen LogP contribution in [0.25, 0.3) is 0 Å². The maximum Gasteiger partial charge on any atom is 0.275 e. The van der Waals surface area contributed by atoms with Gasteiger partial charge in [-0.25, -0.2) is 9.97 Å². The number of anilines is 2. The van der Waals surface area contributed by atoms with Gasteiger partial charge in [0.15, 0.2) is 0 Å². The molecule has 1 aliphatic rings. The SMILES string of the molecule is O=C(Nc1ccccc1)c1cnc(N2CCN(Cc3ccccc3)CC2)cn1. The Morgan fingerprint density at radius 3 is 2.18 bits per heavy atom. The fourth-order valence-corrected chi connectivity index (χ4v) is 3.30. The van der Waals surface area contributed by atoms with E-state index in [0.29, 0.717) is 5.69 Å². The smallest absolute Gasteiger partial charge is 0.275 e. The Morgan fingerprint density at radius 2 is 1.54 bits per heavy atom. The molecule has 0 spiro atoms. The first kappa shape index (κ1) is 18.1. The summed E-state index contributed by atoms with van der Waals surface area (Å²) < 4.78 is 0. The fraction of sp³-hybridized carbons (Fsp3) is 0.227. The van der Waals surface area contributed by atoms with Gasteiger partial charge in [0, 0.05) is 38.4 Å². The van der Waals surface area contributed by atoms with E-state index < -0.39 is 0 Å². The van der Waals surface area contributed by atoms with Crippen molar-refractivity contribution >= 4 is 17.4 Å². The molecule has 1 fully saturated rings. The van der Waals surface area contributed by atoms with Crippen LogP contribution in [0.2, 0.25) is 0 Å². The van der Waals surface area contributed by atoms with Crippen LogP contribution < -0.4 is 10.2 Å². The molecule has 1 N–H and O–H groups in total. The normalized spacial score (nSPS) is 14.6. The molecule has 0 atom stereocenters. The molecule has 0 aliphatic carbocycles. The van der Waals surface area contributed by atoms with Crippen molar-refractivity contribution < 1.29 is 4.79 Å². The van der Waals surface area contributed by atoms with Crippen molar-refractivity contribution in [3.05, 3.63) is 84.3 Å². The van der Waals surface area contributed by atoms with Crippen molar-refractivity contribution in [2.45, 2.75) is 6.54 Å². The molecule has 2 aromatic carbocycles. The largest absolute Gasteiger partial charge is 0.353 e. The molecule has 28 heavy (non-hydrogen) atoms. The third-order valence-electron chi connectivity index (χ3n) is 4.85. The minimum absolute atomic E-state index is 0.252. The van der Waals surface area contributed by atoms with Crippen molar-refractivity contribution in [1.82, 2.24) is 14.9 Å². The molecule has 0 bridgehead atoms. The number of benzene rings is 2. The topological polar surface area (TPSA) is 61.4 Å². The first-order valence-electron chi connectivity index (χ1n) is 9.47. The van der Waals surface area contributed by atoms with Gasteiger partial charge in [0.2, 0.25) is 0 Å². The molecule has 4 rings (SSSR count). The zero-order valence-electron chi connectivity index (χ0n) is 15.7. The lowest BCUT2D eigenvalue weighted by atomic mass is 10.2. The van der Waals surface area contributed by atoms with Crippen molar-refractivity contribution in [2.24, 2.45) is 0 Å². The summed E-state index contributed by atoms with van der Waals surface area (Å²) in [5.74, 6) is 0.563. The molecule has 0 saturated carbocycles. The summed E-state index contributed by atoms with van der Waals surface area (Å²) in [7, 11) is 0. The van der Waals surface area contributed by atoms with E-state index in [0.717, 1.165) is 44.2 Å². The second-order valence-electron chi connectivity index (χ2n) is 6.83. The number of piperazine rings is 1. The Balaban J connectivity index is 1.31. The highest BCUT2D eigenvalue weighted by Gasteiger charge is 2.19. The van der Waals surface area contributed by atoms with E-state index in [-0.39, 0.29) is 5.91 Å². The number of nitrogens with one attached hydrogen (secondary N) is 1. The molecule has 6 heteroatoms. The van der Waals surface area contributed by atoms with Crippen molar-refractivity contribution in [3.63, 3.8) is 0 Å². The van der Waals surface area contributed by atoms with Gasteiger partial charge in [0.1, 0.15) is 11.5 Å². The highest BCUT2D eigenvalue weighted by Crippen LogP contribution is 2.15. The summed E-state index contributed by atoms with van der Waals surface area (Å²) in [6.07, 6.45) is 3.23. The highest BCUT2D eigenvalue weighted by molar-refractivity contribution is 6.02. The van der Waals surface area contributed by atoms with E-state index in [4.69, 9.17) is 0 Å². The van der Waals surface area contributed by atoms with Gasteiger partial charge in [-0.1, -0.05) is 48.5 Å². The maximum atomic E-state index is 12.3. The van der Waals surface area contributed by atoms with Gasteiger partial charge < -0.3 is 10.2 Å². The van der Waals surface area contributed by atoms with Crippen LogP contribution in [0, 0.1) is 0 Å². The number of aromatic nitrogens is 2. The zero-order chi connectivity index (χ0) is 19.2. The average molecular weight is 373 g/mol. The molecule has 142 valence electrons. The average Bonchev–Trinajstić information content (AvgIpc) is 2.76. The van der Waals surface area contributed by atoms with Gasteiger partial charge in [-0.05, 0) is 17.7 Å². The lowest BCUT2D eigenvalue weighted by Crippen LogP contribution is -2.46. The van der Waals surface area contributed by atoms with E-state index in [2.05, 4.69) is 49.4 Å². The molecule has 1 saturated heterocycles. The van der Waals surface area contributed by atoms with Crippen LogP contribution in [0.3, 0.4) is 0 Å². The van der Waals surface area contributed by atoms with E-state index in [9.17, 15) is 4.79 Å². The highest BCUT2D eigenvalue weighted by atomic mass is 16.1. The number of nitrogens with zero attached hydrogens (tertiary/aromatic N) is 4. The number of carbonyl (C=O) groups is 1. The molecule has 0 unspecified atom stereocenters. The quantitative estimate of drug-likeness (QED) is 0.745. The summed E-state index contributed by atoms with van der Waals surface area (Å²) in [5, 5.41) is 2.82. The number of amides is 1. The van der Waals surface area contributed by atoms with Crippen LogP contribution in [0.4, 0.5) is 11.5 Å². The first-order chi connectivity index (χ1) is 13.8. The third kappa shape index (κ3) is 4.53. The van der Waals surface area contributed by atoms with Gasteiger partial charge in [0.05, 0.1) is 12.4 Å². The minimum Gasteiger partial charge on any atom is -0.353 e. The maximum absolute atomic E-state index is 12.3. The predicted molar refractivity (Wildman–Crippen MR) is 110 cm³/mol. The van der Waals surface area contributed by atoms with Gasteiger partial charge in [-0.2, -0.15) is 0 Å². The zero-order valence-corrected chi connectivity index (χ0v) is 15.7. The van der Waals surface area contributed by atoms with Gasteiger partial charge in [-0.15, -0.1) is 0 Å². The van der Waals surface area contributed by atoms with Crippen LogP contribution >= 0.6 is 0 Å². The second-order valence-corrected chi connectivity index (χ2v) is 6.83. The molecular weight excluding hydrogens is 350 g/mol. The minimum atomic E-state index is -0.252. The van der Waals surface area contributed by atoms with Gasteiger partial charge in [0.25, 0.3) is 5.91 Å². The summed E-state index contributed by atoms with van der Waals surface area (Å²) in [5.41, 5.74) is 2.40. The van der Waals surface area contributed by atoms with Gasteiger partial charge >= 0.3 is 0 Å². The van der Waals surface area contributed by atoms with Crippen LogP contribution in [0.1, 0.15) is 16.1 Å². The standard InChI is InChI=1S/C22H23N5O/c28-22(25-19-9-5-2-6-10-19)20-15-24-21(16-23-20)27-13-11-26(12-14-27)17-18-7-3-1-4-8-18/h1-10,15-16H,11-14,17H2,(H,25,28). The second kappa shape index (κ2) is 8.63. The van der Waals surface area contributed by atoms with E-state index in [1.54, 1.807) is 12.4 Å². The number of hydrogen-bond acceptors (Lipinski definition) is 5. The van der Waals surface area contributed by atoms with E-state index in [1.165, 1.54) is 5.56 Å². The summed E-state index contributed by atoms with van der Waals surface area (Å²) >= 11 is 0. The third-order valence-corrected chi connectivity index (χ3v) is 4.85. The molecular formula is C22H23N5O. The monoisotopic (exact) mass is 373 g/mol. The van der Waals surface area contributed by atoms with E-state index in [1.807, 2.05) is 36.4 Å². The molecule has 0 radical (unpaired) electrons. The predicted octanol–water partition coefficient (Wildman–Crippen LogP) is 3.05. The van der Waals surface area contributed by atoms with E-state index >= 15 is 0 Å².